The second-order valence-electron chi connectivity index (χ2n) is 7.30. The van der Waals surface area contributed by atoms with Gasteiger partial charge in [-0.2, -0.15) is 13.2 Å². The number of halogens is 4. The maximum Gasteiger partial charge on any atom is 0.417 e. The molecular weight excluding hydrogens is 505 g/mol. The number of benzene rings is 2. The lowest BCUT2D eigenvalue weighted by Gasteiger charge is -2.12. The molecule has 0 atom stereocenters. The summed E-state index contributed by atoms with van der Waals surface area (Å²) in [6.45, 7) is 2.10. The van der Waals surface area contributed by atoms with Crippen LogP contribution in [0.1, 0.15) is 28.6 Å². The van der Waals surface area contributed by atoms with Gasteiger partial charge in [-0.25, -0.2) is 9.79 Å². The van der Waals surface area contributed by atoms with Crippen LogP contribution in [-0.2, 0) is 11.0 Å². The first-order chi connectivity index (χ1) is 16.6. The minimum atomic E-state index is -4.61. The molecule has 1 aromatic heterocycles. The third-order valence-electron chi connectivity index (χ3n) is 4.98. The van der Waals surface area contributed by atoms with Gasteiger partial charge in [0.15, 0.2) is 5.17 Å². The highest BCUT2D eigenvalue weighted by molar-refractivity contribution is 8.18. The van der Waals surface area contributed by atoms with E-state index in [0.717, 1.165) is 23.9 Å². The van der Waals surface area contributed by atoms with Crippen molar-refractivity contribution in [1.82, 2.24) is 4.90 Å². The molecule has 0 bridgehead atoms. The van der Waals surface area contributed by atoms with Crippen LogP contribution in [0.4, 0.5) is 18.9 Å². The fraction of sp³-hybridized carbons (Fsp3) is 0.125. The molecule has 1 aliphatic heterocycles. The van der Waals surface area contributed by atoms with Gasteiger partial charge in [0.1, 0.15) is 11.5 Å². The summed E-state index contributed by atoms with van der Waals surface area (Å²) >= 11 is 6.76. The molecule has 2 heterocycles. The minimum Gasteiger partial charge on any atom is -0.478 e. The third-order valence-corrected chi connectivity index (χ3v) is 6.31. The van der Waals surface area contributed by atoms with Crippen LogP contribution in [0.5, 0.6) is 0 Å². The molecule has 0 radical (unpaired) electrons. The van der Waals surface area contributed by atoms with E-state index >= 15 is 0 Å². The van der Waals surface area contributed by atoms with Crippen LogP contribution >= 0.6 is 23.4 Å². The average Bonchev–Trinajstić information content (AvgIpc) is 3.38. The summed E-state index contributed by atoms with van der Waals surface area (Å²) in [5, 5.41) is 9.12. The lowest BCUT2D eigenvalue weighted by atomic mass is 10.1. The number of likely N-dealkylation sites (N-methyl/N-ethyl adjacent to an activating group) is 1. The van der Waals surface area contributed by atoms with Gasteiger partial charge in [0.05, 0.1) is 26.7 Å². The van der Waals surface area contributed by atoms with Crippen molar-refractivity contribution in [3.8, 4) is 11.3 Å². The summed E-state index contributed by atoms with van der Waals surface area (Å²) in [6.07, 6.45) is -3.13. The number of aliphatic imine (C=N–C) groups is 1. The SMILES string of the molecule is CCN1C(=O)C(=Cc2ccc(-c3ccc(Cl)c(C(F)(F)F)c3)o2)SC1=Nc1cccc(C(=O)O)c1. The highest BCUT2D eigenvalue weighted by Crippen LogP contribution is 2.38. The Morgan fingerprint density at radius 1 is 1.20 bits per heavy atom. The number of nitrogens with zero attached hydrogens (tertiary/aromatic N) is 2. The Kier molecular flexibility index (Phi) is 6.77. The van der Waals surface area contributed by atoms with Gasteiger partial charge in [-0.3, -0.25) is 9.69 Å². The molecule has 1 N–H and O–H groups in total. The molecule has 180 valence electrons. The van der Waals surface area contributed by atoms with Crippen molar-refractivity contribution in [2.24, 2.45) is 4.99 Å². The monoisotopic (exact) mass is 520 g/mol. The van der Waals surface area contributed by atoms with Gasteiger partial charge in [-0.05, 0) is 67.2 Å². The number of amidine groups is 1. The first-order valence-corrected chi connectivity index (χ1v) is 11.4. The van der Waals surface area contributed by atoms with E-state index in [1.165, 1.54) is 35.2 Å². The van der Waals surface area contributed by atoms with E-state index in [4.69, 9.17) is 21.1 Å². The largest absolute Gasteiger partial charge is 0.478 e. The zero-order valence-electron chi connectivity index (χ0n) is 18.0. The first kappa shape index (κ1) is 24.6. The molecule has 2 aromatic carbocycles. The number of hydrogen-bond acceptors (Lipinski definition) is 5. The number of thioether (sulfide) groups is 1. The Morgan fingerprint density at radius 3 is 2.66 bits per heavy atom. The van der Waals surface area contributed by atoms with E-state index in [2.05, 4.69) is 4.99 Å². The number of alkyl halides is 3. The summed E-state index contributed by atoms with van der Waals surface area (Å²) in [5.74, 6) is -0.966. The molecule has 0 unspecified atom stereocenters. The number of furan rings is 1. The van der Waals surface area contributed by atoms with Gasteiger partial charge in [0, 0.05) is 18.2 Å². The van der Waals surface area contributed by atoms with Crippen molar-refractivity contribution in [1.29, 1.82) is 0 Å². The van der Waals surface area contributed by atoms with Crippen molar-refractivity contribution in [3.05, 3.63) is 81.4 Å². The molecule has 1 amide bonds. The van der Waals surface area contributed by atoms with Crippen molar-refractivity contribution < 1.29 is 32.3 Å². The second-order valence-corrected chi connectivity index (χ2v) is 8.72. The normalized spacial score (nSPS) is 16.5. The maximum atomic E-state index is 13.2. The molecule has 35 heavy (non-hydrogen) atoms. The second kappa shape index (κ2) is 9.63. The maximum absolute atomic E-state index is 13.2. The van der Waals surface area contributed by atoms with Crippen LogP contribution in [-0.4, -0.2) is 33.6 Å². The Hall–Kier alpha value is -3.50. The predicted octanol–water partition coefficient (Wildman–Crippen LogP) is 6.94. The quantitative estimate of drug-likeness (QED) is 0.368. The van der Waals surface area contributed by atoms with Crippen molar-refractivity contribution in [2.75, 3.05) is 6.54 Å². The van der Waals surface area contributed by atoms with Crippen LogP contribution in [0.25, 0.3) is 17.4 Å². The van der Waals surface area contributed by atoms with Crippen LogP contribution in [0.15, 0.2) is 68.9 Å². The third kappa shape index (κ3) is 5.28. The van der Waals surface area contributed by atoms with E-state index < -0.39 is 22.7 Å². The Bertz CT molecular complexity index is 1380. The van der Waals surface area contributed by atoms with Gasteiger partial charge < -0.3 is 9.52 Å². The van der Waals surface area contributed by atoms with E-state index in [-0.39, 0.29) is 28.6 Å². The summed E-state index contributed by atoms with van der Waals surface area (Å²) < 4.78 is 45.2. The lowest BCUT2D eigenvalue weighted by molar-refractivity contribution is -0.137. The lowest BCUT2D eigenvalue weighted by Crippen LogP contribution is -2.28. The van der Waals surface area contributed by atoms with Crippen LogP contribution in [0.2, 0.25) is 5.02 Å². The van der Waals surface area contributed by atoms with E-state index in [1.54, 1.807) is 25.1 Å². The number of carboxylic acid groups (broad SMARTS) is 1. The van der Waals surface area contributed by atoms with Gasteiger partial charge in [0.25, 0.3) is 5.91 Å². The molecule has 1 saturated heterocycles. The number of carboxylic acids is 1. The number of rotatable bonds is 5. The zero-order valence-corrected chi connectivity index (χ0v) is 19.5. The fourth-order valence-electron chi connectivity index (χ4n) is 3.30. The van der Waals surface area contributed by atoms with Crippen LogP contribution in [0.3, 0.4) is 0 Å². The summed E-state index contributed by atoms with van der Waals surface area (Å²) in [6, 6.07) is 12.5. The van der Waals surface area contributed by atoms with Crippen molar-refractivity contribution >= 4 is 52.2 Å². The van der Waals surface area contributed by atoms with Crippen molar-refractivity contribution in [3.63, 3.8) is 0 Å². The van der Waals surface area contributed by atoms with Gasteiger partial charge in [-0.1, -0.05) is 17.7 Å². The fourth-order valence-corrected chi connectivity index (χ4v) is 4.57. The number of hydrogen-bond donors (Lipinski definition) is 1. The molecular formula is C24H16ClF3N2O4S. The van der Waals surface area contributed by atoms with Crippen molar-refractivity contribution in [2.45, 2.75) is 13.1 Å². The highest BCUT2D eigenvalue weighted by atomic mass is 35.5. The zero-order chi connectivity index (χ0) is 25.3. The molecule has 1 aliphatic rings. The predicted molar refractivity (Wildman–Crippen MR) is 128 cm³/mol. The molecule has 11 heteroatoms. The first-order valence-electron chi connectivity index (χ1n) is 10.2. The standard InChI is InChI=1S/C24H16ClF3N2O4S/c1-2-30-21(31)20(35-23(30)29-15-5-3-4-14(10-15)22(32)33)12-16-7-9-19(34-16)13-6-8-18(25)17(11-13)24(26,27)28/h3-12H,2H2,1H3,(H,32,33). The number of amides is 1. The van der Waals surface area contributed by atoms with Gasteiger partial charge >= 0.3 is 12.1 Å². The molecule has 4 rings (SSSR count). The number of carbonyl (C=O) groups is 2. The number of aromatic carboxylic acids is 1. The molecule has 6 nitrogen and oxygen atoms in total. The number of carbonyl (C=O) groups excluding carboxylic acids is 1. The molecule has 3 aromatic rings. The van der Waals surface area contributed by atoms with E-state index in [9.17, 15) is 22.8 Å². The Balaban J connectivity index is 1.62. The topological polar surface area (TPSA) is 83.1 Å². The Morgan fingerprint density at radius 2 is 1.97 bits per heavy atom. The van der Waals surface area contributed by atoms with E-state index in [0.29, 0.717) is 22.3 Å². The molecule has 1 fully saturated rings. The molecule has 0 aliphatic carbocycles. The average molecular weight is 521 g/mol. The van der Waals surface area contributed by atoms with Gasteiger partial charge in [-0.15, -0.1) is 0 Å². The minimum absolute atomic E-state index is 0.0685. The van der Waals surface area contributed by atoms with Crippen LogP contribution < -0.4 is 0 Å². The molecule has 0 spiro atoms. The summed E-state index contributed by atoms with van der Waals surface area (Å²) in [4.78, 5) is 30.2. The van der Waals surface area contributed by atoms with Crippen LogP contribution in [0, 0.1) is 0 Å². The Labute approximate surface area is 206 Å². The summed E-state index contributed by atoms with van der Waals surface area (Å²) in [5.41, 5.74) is -0.337. The highest BCUT2D eigenvalue weighted by Gasteiger charge is 2.34. The summed E-state index contributed by atoms with van der Waals surface area (Å²) in [7, 11) is 0. The smallest absolute Gasteiger partial charge is 0.417 e. The molecule has 0 saturated carbocycles. The van der Waals surface area contributed by atoms with E-state index in [1.807, 2.05) is 0 Å². The van der Waals surface area contributed by atoms with Gasteiger partial charge in [0.2, 0.25) is 0 Å².